The summed E-state index contributed by atoms with van der Waals surface area (Å²) in [5.41, 5.74) is 5.48. The molecule has 1 spiro atoms. The molecule has 2 aliphatic rings. The molecule has 1 amide bonds. The molecule has 0 aromatic carbocycles. The molecule has 1 aromatic heterocycles. The number of aromatic nitrogens is 1. The van der Waals surface area contributed by atoms with E-state index in [1.165, 1.54) is 6.20 Å². The Kier molecular flexibility index (Phi) is 7.85. The van der Waals surface area contributed by atoms with Gasteiger partial charge in [0.15, 0.2) is 0 Å². The number of ether oxygens (including phenoxy) is 1. The second-order valence-electron chi connectivity index (χ2n) is 8.83. The third kappa shape index (κ3) is 5.93. The summed E-state index contributed by atoms with van der Waals surface area (Å²) in [5, 5.41) is 20.6. The lowest BCUT2D eigenvalue weighted by Crippen LogP contribution is -2.45. The van der Waals surface area contributed by atoms with Gasteiger partial charge in [-0.25, -0.2) is 4.98 Å². The van der Waals surface area contributed by atoms with Crippen LogP contribution in [0.4, 0.5) is 5.82 Å². The van der Waals surface area contributed by atoms with Crippen molar-refractivity contribution in [3.8, 4) is 0 Å². The van der Waals surface area contributed by atoms with Crippen LogP contribution in [0.2, 0.25) is 0 Å². The predicted octanol–water partition coefficient (Wildman–Crippen LogP) is 0.657. The number of aliphatic hydroxyl groups is 2. The van der Waals surface area contributed by atoms with Gasteiger partial charge >= 0.3 is 5.97 Å². The van der Waals surface area contributed by atoms with Gasteiger partial charge in [0.1, 0.15) is 18.5 Å². The maximum Gasteiger partial charge on any atom is 0.312 e. The molecule has 1 aromatic rings. The number of anilines is 1. The van der Waals surface area contributed by atoms with Crippen LogP contribution in [0.1, 0.15) is 48.9 Å². The van der Waals surface area contributed by atoms with Crippen LogP contribution in [-0.2, 0) is 9.53 Å². The summed E-state index contributed by atoms with van der Waals surface area (Å²) in [5.74, 6) is -0.134. The number of amides is 1. The number of nitrogen functional groups attached to an aromatic ring is 1. The van der Waals surface area contributed by atoms with Crippen molar-refractivity contribution in [3.05, 3.63) is 23.9 Å². The molecule has 0 bridgehead atoms. The number of carbonyl (C=O) groups is 2. The van der Waals surface area contributed by atoms with Gasteiger partial charge in [-0.05, 0) is 64.4 Å². The topological polar surface area (TPSA) is 129 Å². The number of aliphatic hydroxyl groups excluding tert-OH is 2. The second kappa shape index (κ2) is 10.4. The molecule has 9 nitrogen and oxygen atoms in total. The molecule has 2 aliphatic heterocycles. The number of cyclic esters (lactones) is 1. The third-order valence-corrected chi connectivity index (χ3v) is 6.56. The minimum absolute atomic E-state index is 0.183. The van der Waals surface area contributed by atoms with Gasteiger partial charge in [-0.2, -0.15) is 0 Å². The lowest BCUT2D eigenvalue weighted by molar-refractivity contribution is -0.164. The fourth-order valence-corrected chi connectivity index (χ4v) is 4.30. The van der Waals surface area contributed by atoms with Crippen molar-refractivity contribution >= 4 is 17.7 Å². The van der Waals surface area contributed by atoms with Crippen LogP contribution in [0.3, 0.4) is 0 Å². The number of nitrogens with two attached hydrogens (primary N) is 1. The van der Waals surface area contributed by atoms with Crippen molar-refractivity contribution < 1.29 is 24.5 Å². The fourth-order valence-electron chi connectivity index (χ4n) is 4.30. The Morgan fingerprint density at radius 2 is 1.87 bits per heavy atom. The van der Waals surface area contributed by atoms with E-state index in [2.05, 4.69) is 9.88 Å². The summed E-state index contributed by atoms with van der Waals surface area (Å²) in [6.45, 7) is 2.17. The van der Waals surface area contributed by atoms with Crippen LogP contribution in [0, 0.1) is 5.41 Å². The lowest BCUT2D eigenvalue weighted by atomic mass is 9.74. The van der Waals surface area contributed by atoms with Crippen LogP contribution in [0.25, 0.3) is 0 Å². The summed E-state index contributed by atoms with van der Waals surface area (Å²) in [6, 6.07) is 3.22. The third-order valence-electron chi connectivity index (χ3n) is 6.56. The summed E-state index contributed by atoms with van der Waals surface area (Å²) in [6.07, 6.45) is 2.97. The fraction of sp³-hybridized carbons (Fsp3) is 0.682. The van der Waals surface area contributed by atoms with E-state index in [9.17, 15) is 19.8 Å². The van der Waals surface area contributed by atoms with E-state index >= 15 is 0 Å². The zero-order valence-electron chi connectivity index (χ0n) is 18.2. The monoisotopic (exact) mass is 434 g/mol. The minimum Gasteiger partial charge on any atom is -0.462 e. The van der Waals surface area contributed by atoms with E-state index < -0.39 is 17.6 Å². The van der Waals surface area contributed by atoms with E-state index in [0.29, 0.717) is 37.2 Å². The molecule has 2 saturated heterocycles. The molecule has 0 saturated carbocycles. The zero-order chi connectivity index (χ0) is 22.4. The molecule has 0 aliphatic carbocycles. The SMILES string of the molecule is CN1CCC2(CCCCN(C(=O)c3ccc(N)nc3)CC[C@H](O)[C@H](O)COC2=O)CC1. The summed E-state index contributed by atoms with van der Waals surface area (Å²) >= 11 is 0. The number of carbonyl (C=O) groups excluding carboxylic acids is 2. The Balaban J connectivity index is 1.74. The highest BCUT2D eigenvalue weighted by Crippen LogP contribution is 2.38. The van der Waals surface area contributed by atoms with E-state index in [1.807, 2.05) is 7.05 Å². The lowest BCUT2D eigenvalue weighted by Gasteiger charge is -2.39. The summed E-state index contributed by atoms with van der Waals surface area (Å²) in [4.78, 5) is 33.8. The number of piperidine rings is 1. The van der Waals surface area contributed by atoms with E-state index in [-0.39, 0.29) is 31.4 Å². The van der Waals surface area contributed by atoms with Crippen LogP contribution in [-0.4, -0.2) is 88.9 Å². The number of likely N-dealkylation sites (tertiary alicyclic amines) is 1. The molecule has 31 heavy (non-hydrogen) atoms. The molecule has 4 N–H and O–H groups in total. The molecule has 3 rings (SSSR count). The van der Waals surface area contributed by atoms with Crippen LogP contribution in [0.5, 0.6) is 0 Å². The van der Waals surface area contributed by atoms with Gasteiger partial charge in [-0.15, -0.1) is 0 Å². The Morgan fingerprint density at radius 3 is 2.55 bits per heavy atom. The van der Waals surface area contributed by atoms with Gasteiger partial charge < -0.3 is 30.5 Å². The van der Waals surface area contributed by atoms with Gasteiger partial charge in [0.2, 0.25) is 0 Å². The highest BCUT2D eigenvalue weighted by molar-refractivity contribution is 5.94. The molecule has 0 radical (unpaired) electrons. The average molecular weight is 435 g/mol. The maximum absolute atomic E-state index is 13.0. The molecule has 2 fully saturated rings. The second-order valence-corrected chi connectivity index (χ2v) is 8.83. The van der Waals surface area contributed by atoms with E-state index in [4.69, 9.17) is 10.5 Å². The largest absolute Gasteiger partial charge is 0.462 e. The zero-order valence-corrected chi connectivity index (χ0v) is 18.2. The molecular weight excluding hydrogens is 400 g/mol. The highest BCUT2D eigenvalue weighted by atomic mass is 16.5. The molecule has 2 atom stereocenters. The van der Waals surface area contributed by atoms with Gasteiger partial charge in [0, 0.05) is 19.3 Å². The standard InChI is InChI=1S/C22H34N4O5/c1-25-12-8-22(9-13-25)7-2-3-10-26(20(29)16-4-5-19(23)24-14-16)11-6-17(27)18(28)15-31-21(22)30/h4-5,14,17-18,27-28H,2-3,6-13,15H2,1H3,(H2,23,24)/t17-,18+/m0/s1. The highest BCUT2D eigenvalue weighted by Gasteiger charge is 2.42. The van der Waals surface area contributed by atoms with Crippen molar-refractivity contribution in [1.29, 1.82) is 0 Å². The molecule has 172 valence electrons. The van der Waals surface area contributed by atoms with Gasteiger partial charge in [-0.1, -0.05) is 6.42 Å². The quantitative estimate of drug-likeness (QED) is 0.550. The van der Waals surface area contributed by atoms with Crippen molar-refractivity contribution in [2.24, 2.45) is 5.41 Å². The maximum atomic E-state index is 13.0. The number of nitrogens with zero attached hydrogens (tertiary/aromatic N) is 3. The van der Waals surface area contributed by atoms with Crippen molar-refractivity contribution in [2.75, 3.05) is 45.6 Å². The van der Waals surface area contributed by atoms with Crippen LogP contribution in [0.15, 0.2) is 18.3 Å². The Hall–Kier alpha value is -2.23. The first-order valence-electron chi connectivity index (χ1n) is 11.0. The van der Waals surface area contributed by atoms with Gasteiger partial charge in [0.25, 0.3) is 5.91 Å². The smallest absolute Gasteiger partial charge is 0.312 e. The first-order valence-corrected chi connectivity index (χ1v) is 11.0. The van der Waals surface area contributed by atoms with Crippen molar-refractivity contribution in [1.82, 2.24) is 14.8 Å². The predicted molar refractivity (Wildman–Crippen MR) is 115 cm³/mol. The number of hydrogen-bond donors (Lipinski definition) is 3. The molecule has 0 unspecified atom stereocenters. The Bertz CT molecular complexity index is 749. The normalized spacial score (nSPS) is 26.4. The minimum atomic E-state index is -1.19. The number of hydrogen-bond acceptors (Lipinski definition) is 8. The van der Waals surface area contributed by atoms with Crippen LogP contribution >= 0.6 is 0 Å². The van der Waals surface area contributed by atoms with Crippen molar-refractivity contribution in [2.45, 2.75) is 50.7 Å². The molecular formula is C22H34N4O5. The Morgan fingerprint density at radius 1 is 1.13 bits per heavy atom. The first kappa shape index (κ1) is 23.4. The number of pyridine rings is 1. The average Bonchev–Trinajstić information content (AvgIpc) is 2.78. The summed E-state index contributed by atoms with van der Waals surface area (Å²) < 4.78 is 5.45. The Labute approximate surface area is 183 Å². The number of rotatable bonds is 1. The summed E-state index contributed by atoms with van der Waals surface area (Å²) in [7, 11) is 2.04. The van der Waals surface area contributed by atoms with Gasteiger partial charge in [0.05, 0.1) is 17.1 Å². The van der Waals surface area contributed by atoms with Gasteiger partial charge in [-0.3, -0.25) is 9.59 Å². The molecule has 3 heterocycles. The first-order chi connectivity index (χ1) is 14.8. The molecule has 9 heteroatoms. The van der Waals surface area contributed by atoms with E-state index in [1.54, 1.807) is 17.0 Å². The van der Waals surface area contributed by atoms with Crippen LogP contribution < -0.4 is 5.73 Å². The number of esters is 1. The van der Waals surface area contributed by atoms with E-state index in [0.717, 1.165) is 25.9 Å². The van der Waals surface area contributed by atoms with Crippen molar-refractivity contribution in [3.63, 3.8) is 0 Å².